The monoisotopic (exact) mass is 444 g/mol. The first-order valence-corrected chi connectivity index (χ1v) is 11.5. The lowest BCUT2D eigenvalue weighted by Crippen LogP contribution is -2.52. The Hall–Kier alpha value is -3.25. The Morgan fingerprint density at radius 2 is 1.61 bits per heavy atom. The molecule has 168 valence electrons. The molecule has 3 aliphatic rings. The molecule has 2 aromatic carbocycles. The number of carbonyl (C=O) groups is 1. The Kier molecular flexibility index (Phi) is 4.73. The Bertz CT molecular complexity index is 1150. The van der Waals surface area contributed by atoms with E-state index in [0.717, 1.165) is 12.8 Å². The average molecular weight is 445 g/mol. The quantitative estimate of drug-likeness (QED) is 0.579. The van der Waals surface area contributed by atoms with Crippen molar-refractivity contribution in [1.29, 1.82) is 0 Å². The summed E-state index contributed by atoms with van der Waals surface area (Å²) in [5.41, 5.74) is 4.27. The van der Waals surface area contributed by atoms with Gasteiger partial charge < -0.3 is 14.7 Å². The van der Waals surface area contributed by atoms with Crippen LogP contribution in [0.15, 0.2) is 66.9 Å². The van der Waals surface area contributed by atoms with Crippen LogP contribution < -0.4 is 0 Å². The van der Waals surface area contributed by atoms with Gasteiger partial charge in [-0.2, -0.15) is 4.39 Å². The molecule has 1 aromatic heterocycles. The Balaban J connectivity index is 1.18. The molecule has 2 saturated heterocycles. The highest BCUT2D eigenvalue weighted by Gasteiger charge is 2.51. The number of amides is 1. The van der Waals surface area contributed by atoms with E-state index in [-0.39, 0.29) is 30.7 Å². The van der Waals surface area contributed by atoms with Gasteiger partial charge in [0, 0.05) is 42.6 Å². The molecule has 2 fully saturated rings. The van der Waals surface area contributed by atoms with Crippen molar-refractivity contribution < 1.29 is 19.0 Å². The zero-order chi connectivity index (χ0) is 22.6. The van der Waals surface area contributed by atoms with Crippen molar-refractivity contribution in [2.24, 2.45) is 0 Å². The van der Waals surface area contributed by atoms with Crippen LogP contribution in [0.1, 0.15) is 48.3 Å². The number of carbonyl (C=O) groups excluding carboxylic acids is 1. The molecule has 2 unspecified atom stereocenters. The number of pyridine rings is 1. The van der Waals surface area contributed by atoms with E-state index in [1.54, 1.807) is 6.07 Å². The van der Waals surface area contributed by atoms with Gasteiger partial charge in [-0.25, -0.2) is 9.78 Å². The maximum atomic E-state index is 13.2. The van der Waals surface area contributed by atoms with Gasteiger partial charge in [0.25, 0.3) is 0 Å². The molecule has 0 saturated carbocycles. The summed E-state index contributed by atoms with van der Waals surface area (Å²) in [6.07, 6.45) is 3.54. The minimum atomic E-state index is -1.10. The van der Waals surface area contributed by atoms with Crippen LogP contribution in [0.3, 0.4) is 0 Å². The smallest absolute Gasteiger partial charge is 0.410 e. The number of rotatable bonds is 3. The van der Waals surface area contributed by atoms with Gasteiger partial charge in [-0.3, -0.25) is 0 Å². The topological polar surface area (TPSA) is 62.7 Å². The highest BCUT2D eigenvalue weighted by molar-refractivity contribution is 5.79. The van der Waals surface area contributed by atoms with Gasteiger partial charge in [-0.1, -0.05) is 54.6 Å². The van der Waals surface area contributed by atoms with E-state index in [1.165, 1.54) is 34.5 Å². The highest BCUT2D eigenvalue weighted by atomic mass is 19.1. The van der Waals surface area contributed by atoms with Crippen LogP contribution in [-0.2, 0) is 10.3 Å². The second kappa shape index (κ2) is 7.66. The molecule has 5 nitrogen and oxygen atoms in total. The highest BCUT2D eigenvalue weighted by Crippen LogP contribution is 2.47. The van der Waals surface area contributed by atoms with Crippen molar-refractivity contribution >= 4 is 6.09 Å². The third kappa shape index (κ3) is 3.32. The van der Waals surface area contributed by atoms with Gasteiger partial charge in [0.15, 0.2) is 0 Å². The SMILES string of the molecule is O=C(OCC1c2ccccc2-c2ccccc21)N1C2CCC1CC(O)(c1ccc(F)nc1)C2. The summed E-state index contributed by atoms with van der Waals surface area (Å²) >= 11 is 0. The maximum absolute atomic E-state index is 13.2. The van der Waals surface area contributed by atoms with Crippen molar-refractivity contribution in [3.8, 4) is 11.1 Å². The maximum Gasteiger partial charge on any atom is 0.410 e. The molecule has 1 aliphatic carbocycles. The first kappa shape index (κ1) is 20.4. The fourth-order valence-electron chi connectivity index (χ4n) is 6.08. The Morgan fingerprint density at radius 1 is 1.00 bits per heavy atom. The third-order valence-electron chi connectivity index (χ3n) is 7.58. The van der Waals surface area contributed by atoms with Crippen LogP contribution in [0.2, 0.25) is 0 Å². The number of hydrogen-bond donors (Lipinski definition) is 1. The van der Waals surface area contributed by atoms with E-state index in [1.807, 2.05) is 29.2 Å². The minimum absolute atomic E-state index is 0.0195. The third-order valence-corrected chi connectivity index (χ3v) is 7.58. The lowest BCUT2D eigenvalue weighted by Gasteiger charge is -2.43. The lowest BCUT2D eigenvalue weighted by molar-refractivity contribution is -0.0533. The molecule has 33 heavy (non-hydrogen) atoms. The summed E-state index contributed by atoms with van der Waals surface area (Å²) in [7, 11) is 0. The lowest BCUT2D eigenvalue weighted by atomic mass is 9.81. The number of fused-ring (bicyclic) bond motifs is 5. The normalized spacial score (nSPS) is 25.6. The van der Waals surface area contributed by atoms with Crippen LogP contribution in [0.25, 0.3) is 11.1 Å². The van der Waals surface area contributed by atoms with E-state index < -0.39 is 11.5 Å². The van der Waals surface area contributed by atoms with Crippen LogP contribution in [0.4, 0.5) is 9.18 Å². The molecule has 0 radical (unpaired) electrons. The fraction of sp³-hybridized carbons (Fsp3) is 0.333. The zero-order valence-electron chi connectivity index (χ0n) is 18.2. The molecular weight excluding hydrogens is 419 g/mol. The molecule has 3 heterocycles. The molecule has 0 spiro atoms. The van der Waals surface area contributed by atoms with Crippen molar-refractivity contribution in [1.82, 2.24) is 9.88 Å². The number of aliphatic hydroxyl groups is 1. The van der Waals surface area contributed by atoms with Crippen molar-refractivity contribution in [3.05, 3.63) is 89.5 Å². The summed E-state index contributed by atoms with van der Waals surface area (Å²) in [6, 6.07) is 19.2. The predicted octanol–water partition coefficient (Wildman–Crippen LogP) is 4.98. The number of benzene rings is 2. The first-order valence-electron chi connectivity index (χ1n) is 11.5. The minimum Gasteiger partial charge on any atom is -0.448 e. The summed E-state index contributed by atoms with van der Waals surface area (Å²) < 4.78 is 19.1. The zero-order valence-corrected chi connectivity index (χ0v) is 18.2. The summed E-state index contributed by atoms with van der Waals surface area (Å²) in [6.45, 7) is 0.287. The Labute approximate surface area is 191 Å². The van der Waals surface area contributed by atoms with E-state index in [0.29, 0.717) is 18.4 Å². The average Bonchev–Trinajstić information content (AvgIpc) is 3.30. The molecule has 6 heteroatoms. The van der Waals surface area contributed by atoms with Gasteiger partial charge in [-0.05, 0) is 41.2 Å². The summed E-state index contributed by atoms with van der Waals surface area (Å²) in [5.74, 6) is -0.549. The second-order valence-electron chi connectivity index (χ2n) is 9.41. The summed E-state index contributed by atoms with van der Waals surface area (Å²) in [5, 5.41) is 11.3. The molecule has 1 N–H and O–H groups in total. The molecule has 3 aromatic rings. The van der Waals surface area contributed by atoms with Gasteiger partial charge in [0.05, 0.1) is 5.60 Å². The van der Waals surface area contributed by atoms with Crippen LogP contribution >= 0.6 is 0 Å². The van der Waals surface area contributed by atoms with Gasteiger partial charge >= 0.3 is 6.09 Å². The van der Waals surface area contributed by atoms with Crippen LogP contribution in [-0.4, -0.2) is 39.8 Å². The molecular formula is C27H25FN2O3. The standard InChI is InChI=1S/C27H25FN2O3/c28-25-12-9-17(15-29-25)27(32)13-18-10-11-19(14-27)30(18)26(31)33-16-24-22-7-3-1-5-20(22)21-6-2-4-8-23(21)24/h1-9,12,15,18-19,24,32H,10-11,13-14,16H2. The van der Waals surface area contributed by atoms with Crippen LogP contribution in [0.5, 0.6) is 0 Å². The van der Waals surface area contributed by atoms with Crippen LogP contribution in [0, 0.1) is 5.95 Å². The molecule has 2 aliphatic heterocycles. The van der Waals surface area contributed by atoms with E-state index >= 15 is 0 Å². The predicted molar refractivity (Wildman–Crippen MR) is 121 cm³/mol. The number of nitrogens with zero attached hydrogens (tertiary/aromatic N) is 2. The van der Waals surface area contributed by atoms with Gasteiger partial charge in [-0.15, -0.1) is 0 Å². The molecule has 2 bridgehead atoms. The number of aromatic nitrogens is 1. The van der Waals surface area contributed by atoms with E-state index in [2.05, 4.69) is 29.2 Å². The van der Waals surface area contributed by atoms with Crippen molar-refractivity contribution in [3.63, 3.8) is 0 Å². The van der Waals surface area contributed by atoms with Crippen molar-refractivity contribution in [2.45, 2.75) is 49.3 Å². The summed E-state index contributed by atoms with van der Waals surface area (Å²) in [4.78, 5) is 18.7. The second-order valence-corrected chi connectivity index (χ2v) is 9.41. The molecule has 6 rings (SSSR count). The van der Waals surface area contributed by atoms with E-state index in [4.69, 9.17) is 4.74 Å². The van der Waals surface area contributed by atoms with Gasteiger partial charge in [0.2, 0.25) is 5.95 Å². The number of hydrogen-bond acceptors (Lipinski definition) is 4. The van der Waals surface area contributed by atoms with Crippen molar-refractivity contribution in [2.75, 3.05) is 6.61 Å². The Morgan fingerprint density at radius 3 is 2.18 bits per heavy atom. The number of ether oxygens (including phenoxy) is 1. The first-order chi connectivity index (χ1) is 16.0. The van der Waals surface area contributed by atoms with Gasteiger partial charge in [0.1, 0.15) is 6.61 Å². The molecule has 1 amide bonds. The number of piperidine rings is 1. The van der Waals surface area contributed by atoms with E-state index in [9.17, 15) is 14.3 Å². The number of halogens is 1. The fourth-order valence-corrected chi connectivity index (χ4v) is 6.08. The largest absolute Gasteiger partial charge is 0.448 e. The molecule has 2 atom stereocenters.